The molecule has 0 radical (unpaired) electrons. The van der Waals surface area contributed by atoms with E-state index in [-0.39, 0.29) is 29.8 Å². The molecule has 11 heteroatoms. The van der Waals surface area contributed by atoms with E-state index in [0.29, 0.717) is 18.4 Å². The Morgan fingerprint density at radius 1 is 1.15 bits per heavy atom. The van der Waals surface area contributed by atoms with Crippen molar-refractivity contribution in [3.05, 3.63) is 35.5 Å². The van der Waals surface area contributed by atoms with E-state index in [9.17, 15) is 21.2 Å². The van der Waals surface area contributed by atoms with Crippen molar-refractivity contribution >= 4 is 19.9 Å². The number of hydrogen-bond acceptors (Lipinski definition) is 7. The number of aryl methyl sites for hydroxylation is 1. The lowest BCUT2D eigenvalue weighted by Gasteiger charge is -2.29. The van der Waals surface area contributed by atoms with E-state index < -0.39 is 30.9 Å². The van der Waals surface area contributed by atoms with Gasteiger partial charge in [-0.1, -0.05) is 11.2 Å². The number of sulfone groups is 1. The summed E-state index contributed by atoms with van der Waals surface area (Å²) in [5.41, 5.74) is 0.652. The van der Waals surface area contributed by atoms with Gasteiger partial charge in [-0.15, -0.1) is 5.10 Å². The normalized spacial score (nSPS) is 17.5. The van der Waals surface area contributed by atoms with Crippen LogP contribution in [-0.2, 0) is 19.9 Å². The predicted molar refractivity (Wildman–Crippen MR) is 89.3 cm³/mol. The number of nitrogens with zero attached hydrogens (tertiary/aromatic N) is 3. The van der Waals surface area contributed by atoms with E-state index in [1.54, 1.807) is 6.92 Å². The molecule has 0 aliphatic carbocycles. The summed E-state index contributed by atoms with van der Waals surface area (Å²) in [5.74, 6) is -0.858. The van der Waals surface area contributed by atoms with Gasteiger partial charge in [-0.25, -0.2) is 21.2 Å². The first-order chi connectivity index (χ1) is 12.1. The fourth-order valence-electron chi connectivity index (χ4n) is 2.83. The lowest BCUT2D eigenvalue weighted by molar-refractivity contribution is 0.277. The number of sulfonamides is 1. The molecule has 0 unspecified atom stereocenters. The summed E-state index contributed by atoms with van der Waals surface area (Å²) >= 11 is 0. The second-order valence-electron chi connectivity index (χ2n) is 6.29. The maximum absolute atomic E-state index is 14.0. The molecule has 0 N–H and O–H groups in total. The van der Waals surface area contributed by atoms with Gasteiger partial charge in [0.05, 0.1) is 0 Å². The molecular formula is C15H18FN3O5S2. The zero-order chi connectivity index (χ0) is 19.1. The monoisotopic (exact) mass is 403 g/mol. The minimum atomic E-state index is -3.94. The smallest absolute Gasteiger partial charge is 0.335 e. The highest BCUT2D eigenvalue weighted by Gasteiger charge is 2.34. The lowest BCUT2D eigenvalue weighted by Crippen LogP contribution is -2.38. The summed E-state index contributed by atoms with van der Waals surface area (Å²) in [5, 5.41) is 6.81. The van der Waals surface area contributed by atoms with Crippen LogP contribution in [-0.4, -0.2) is 50.7 Å². The highest BCUT2D eigenvalue weighted by molar-refractivity contribution is 7.90. The Labute approximate surface area is 151 Å². The average Bonchev–Trinajstić information content (AvgIpc) is 3.07. The number of piperidine rings is 1. The first-order valence-corrected chi connectivity index (χ1v) is 11.2. The zero-order valence-electron chi connectivity index (χ0n) is 14.2. The quantitative estimate of drug-likeness (QED) is 0.760. The molecule has 0 spiro atoms. The number of hydrogen-bond donors (Lipinski definition) is 0. The highest BCUT2D eigenvalue weighted by atomic mass is 32.2. The van der Waals surface area contributed by atoms with Crippen LogP contribution in [0.15, 0.2) is 32.7 Å². The van der Waals surface area contributed by atoms with Crippen LogP contribution in [0.1, 0.15) is 30.2 Å². The van der Waals surface area contributed by atoms with E-state index in [2.05, 4.69) is 10.2 Å². The van der Waals surface area contributed by atoms with Crippen molar-refractivity contribution in [2.45, 2.75) is 35.8 Å². The van der Waals surface area contributed by atoms with E-state index in [1.165, 1.54) is 16.4 Å². The molecular weight excluding hydrogens is 385 g/mol. The Bertz CT molecular complexity index is 1030. The Balaban J connectivity index is 1.76. The molecule has 142 valence electrons. The molecule has 1 fully saturated rings. The van der Waals surface area contributed by atoms with Gasteiger partial charge < -0.3 is 4.42 Å². The van der Waals surface area contributed by atoms with Crippen molar-refractivity contribution in [1.29, 1.82) is 0 Å². The van der Waals surface area contributed by atoms with Gasteiger partial charge >= 0.3 is 5.22 Å². The average molecular weight is 403 g/mol. The summed E-state index contributed by atoms with van der Waals surface area (Å²) in [6.45, 7) is 1.99. The number of benzene rings is 1. The van der Waals surface area contributed by atoms with Crippen molar-refractivity contribution < 1.29 is 25.6 Å². The van der Waals surface area contributed by atoms with Crippen molar-refractivity contribution in [1.82, 2.24) is 14.5 Å². The molecule has 0 amide bonds. The third-order valence-electron chi connectivity index (χ3n) is 4.25. The largest absolute Gasteiger partial charge is 0.412 e. The van der Waals surface area contributed by atoms with Crippen LogP contribution < -0.4 is 0 Å². The molecule has 1 aromatic carbocycles. The molecule has 2 heterocycles. The van der Waals surface area contributed by atoms with Gasteiger partial charge in [0, 0.05) is 25.3 Å². The standard InChI is InChI=1S/C15H18FN3O5S2/c1-10-3-4-12(16)13(9-10)26(22,23)19-7-5-11(6-8-19)14-17-18-15(24-14)25(2,20)21/h3-4,9,11H,5-8H2,1-2H3. The second-order valence-corrected chi connectivity index (χ2v) is 10.1. The molecule has 0 saturated carbocycles. The van der Waals surface area contributed by atoms with Gasteiger partial charge in [0.15, 0.2) is 0 Å². The molecule has 2 aromatic rings. The van der Waals surface area contributed by atoms with Crippen molar-refractivity contribution in [2.24, 2.45) is 0 Å². The topological polar surface area (TPSA) is 110 Å². The molecule has 3 rings (SSSR count). The van der Waals surface area contributed by atoms with Gasteiger partial charge in [-0.3, -0.25) is 0 Å². The Hall–Kier alpha value is -1.85. The molecule has 1 aromatic heterocycles. The van der Waals surface area contributed by atoms with Crippen LogP contribution in [0, 0.1) is 12.7 Å². The minimum absolute atomic E-state index is 0.150. The summed E-state index contributed by atoms with van der Waals surface area (Å²) in [6.07, 6.45) is 1.71. The van der Waals surface area contributed by atoms with Crippen LogP contribution in [0.3, 0.4) is 0 Å². The van der Waals surface area contributed by atoms with E-state index >= 15 is 0 Å². The molecule has 1 aliphatic rings. The number of halogens is 1. The zero-order valence-corrected chi connectivity index (χ0v) is 15.8. The first-order valence-electron chi connectivity index (χ1n) is 7.89. The van der Waals surface area contributed by atoms with Gasteiger partial charge in [0.25, 0.3) is 0 Å². The number of rotatable bonds is 4. The highest BCUT2D eigenvalue weighted by Crippen LogP contribution is 2.31. The van der Waals surface area contributed by atoms with Crippen LogP contribution in [0.4, 0.5) is 4.39 Å². The van der Waals surface area contributed by atoms with Crippen molar-refractivity contribution in [2.75, 3.05) is 19.3 Å². The van der Waals surface area contributed by atoms with E-state index in [4.69, 9.17) is 4.42 Å². The van der Waals surface area contributed by atoms with Gasteiger partial charge in [0.1, 0.15) is 10.7 Å². The minimum Gasteiger partial charge on any atom is -0.412 e. The Morgan fingerprint density at radius 3 is 2.38 bits per heavy atom. The molecule has 0 bridgehead atoms. The van der Waals surface area contributed by atoms with Crippen molar-refractivity contribution in [3.8, 4) is 0 Å². The Morgan fingerprint density at radius 2 is 1.81 bits per heavy atom. The van der Waals surface area contributed by atoms with Crippen LogP contribution >= 0.6 is 0 Å². The summed E-state index contributed by atoms with van der Waals surface area (Å²) in [7, 11) is -7.53. The second kappa shape index (κ2) is 6.71. The van der Waals surface area contributed by atoms with Gasteiger partial charge in [-0.2, -0.15) is 4.31 Å². The van der Waals surface area contributed by atoms with Crippen LogP contribution in [0.25, 0.3) is 0 Å². The summed E-state index contributed by atoms with van der Waals surface area (Å²) < 4.78 is 68.6. The SMILES string of the molecule is Cc1ccc(F)c(S(=O)(=O)N2CCC(c3nnc(S(C)(=O)=O)o3)CC2)c1. The maximum Gasteiger partial charge on any atom is 0.335 e. The fraction of sp³-hybridized carbons (Fsp3) is 0.467. The van der Waals surface area contributed by atoms with Gasteiger partial charge in [0.2, 0.25) is 25.8 Å². The van der Waals surface area contributed by atoms with E-state index in [0.717, 1.165) is 12.3 Å². The van der Waals surface area contributed by atoms with E-state index in [1.807, 2.05) is 0 Å². The molecule has 0 atom stereocenters. The van der Waals surface area contributed by atoms with Crippen molar-refractivity contribution in [3.63, 3.8) is 0 Å². The van der Waals surface area contributed by atoms with Crippen LogP contribution in [0.5, 0.6) is 0 Å². The third-order valence-corrected chi connectivity index (χ3v) is 6.96. The van der Waals surface area contributed by atoms with Crippen LogP contribution in [0.2, 0.25) is 0 Å². The number of aromatic nitrogens is 2. The molecule has 1 aliphatic heterocycles. The summed E-state index contributed by atoms with van der Waals surface area (Å²) in [6, 6.07) is 3.96. The Kier molecular flexibility index (Phi) is 4.88. The molecule has 26 heavy (non-hydrogen) atoms. The summed E-state index contributed by atoms with van der Waals surface area (Å²) in [4.78, 5) is -0.340. The maximum atomic E-state index is 14.0. The third kappa shape index (κ3) is 3.64. The molecule has 1 saturated heterocycles. The first kappa shape index (κ1) is 18.9. The fourth-order valence-corrected chi connectivity index (χ4v) is 4.87. The predicted octanol–water partition coefficient (Wildman–Crippen LogP) is 1.49. The van der Waals surface area contributed by atoms with Gasteiger partial charge in [-0.05, 0) is 37.5 Å². The lowest BCUT2D eigenvalue weighted by atomic mass is 9.98. The molecule has 8 nitrogen and oxygen atoms in total.